The number of hydrogen-bond acceptors (Lipinski definition) is 2. The average molecular weight is 153 g/mol. The molecular weight excluding hydrogens is 142 g/mol. The standard InChI is InChI=1S/C8H11NS/c1-6-3-2-4-7-8(6)9-5-10-7/h5,7-8H,1-4H2. The molecule has 0 amide bonds. The fraction of sp³-hybridized carbons (Fsp3) is 0.625. The highest BCUT2D eigenvalue weighted by molar-refractivity contribution is 8.12. The Balaban J connectivity index is 2.16. The fourth-order valence-electron chi connectivity index (χ4n) is 1.62. The predicted molar refractivity (Wildman–Crippen MR) is 46.7 cm³/mol. The van der Waals surface area contributed by atoms with Gasteiger partial charge in [0.15, 0.2) is 0 Å². The smallest absolute Gasteiger partial charge is 0.0835 e. The van der Waals surface area contributed by atoms with Gasteiger partial charge in [0, 0.05) is 5.25 Å². The molecule has 10 heavy (non-hydrogen) atoms. The van der Waals surface area contributed by atoms with Crippen molar-refractivity contribution in [3.63, 3.8) is 0 Å². The van der Waals surface area contributed by atoms with Crippen LogP contribution in [0.5, 0.6) is 0 Å². The lowest BCUT2D eigenvalue weighted by molar-refractivity contribution is 0.562. The van der Waals surface area contributed by atoms with E-state index in [1.165, 1.54) is 24.8 Å². The van der Waals surface area contributed by atoms with Gasteiger partial charge in [-0.05, 0) is 19.3 Å². The first-order valence-corrected chi connectivity index (χ1v) is 4.67. The Labute approximate surface area is 65.6 Å². The van der Waals surface area contributed by atoms with Crippen molar-refractivity contribution in [2.75, 3.05) is 0 Å². The molecule has 1 heterocycles. The van der Waals surface area contributed by atoms with E-state index in [4.69, 9.17) is 0 Å². The van der Waals surface area contributed by atoms with Crippen LogP contribution in [0.3, 0.4) is 0 Å². The van der Waals surface area contributed by atoms with Crippen molar-refractivity contribution in [3.8, 4) is 0 Å². The zero-order valence-electron chi connectivity index (χ0n) is 5.92. The third-order valence-electron chi connectivity index (χ3n) is 2.21. The van der Waals surface area contributed by atoms with Gasteiger partial charge in [-0.3, -0.25) is 4.99 Å². The zero-order valence-corrected chi connectivity index (χ0v) is 6.73. The van der Waals surface area contributed by atoms with Crippen LogP contribution in [0.2, 0.25) is 0 Å². The van der Waals surface area contributed by atoms with Crippen LogP contribution < -0.4 is 0 Å². The normalized spacial score (nSPS) is 38.2. The Morgan fingerprint density at radius 3 is 3.40 bits per heavy atom. The highest BCUT2D eigenvalue weighted by atomic mass is 32.2. The van der Waals surface area contributed by atoms with E-state index in [0.29, 0.717) is 6.04 Å². The van der Waals surface area contributed by atoms with Crippen LogP contribution in [-0.2, 0) is 0 Å². The first kappa shape index (κ1) is 6.47. The minimum Gasteiger partial charge on any atom is -0.277 e. The van der Waals surface area contributed by atoms with Gasteiger partial charge in [0.05, 0.1) is 11.6 Å². The largest absolute Gasteiger partial charge is 0.277 e. The topological polar surface area (TPSA) is 12.4 Å². The van der Waals surface area contributed by atoms with Gasteiger partial charge in [-0.15, -0.1) is 11.8 Å². The number of fused-ring (bicyclic) bond motifs is 1. The maximum atomic E-state index is 4.38. The molecule has 0 bridgehead atoms. The molecule has 0 spiro atoms. The SMILES string of the molecule is C=C1CCCC2SC=NC12. The van der Waals surface area contributed by atoms with E-state index in [1.807, 2.05) is 17.3 Å². The molecule has 1 aliphatic carbocycles. The zero-order chi connectivity index (χ0) is 6.97. The second kappa shape index (κ2) is 2.42. The van der Waals surface area contributed by atoms with Crippen LogP contribution in [0, 0.1) is 0 Å². The minimum atomic E-state index is 0.471. The average Bonchev–Trinajstić information content (AvgIpc) is 2.36. The van der Waals surface area contributed by atoms with Gasteiger partial charge in [-0.2, -0.15) is 0 Å². The van der Waals surface area contributed by atoms with E-state index in [2.05, 4.69) is 11.6 Å². The summed E-state index contributed by atoms with van der Waals surface area (Å²) in [5, 5.41) is 0.737. The van der Waals surface area contributed by atoms with Crippen molar-refractivity contribution in [1.29, 1.82) is 0 Å². The summed E-state index contributed by atoms with van der Waals surface area (Å²) in [5.41, 5.74) is 3.34. The highest BCUT2D eigenvalue weighted by Crippen LogP contribution is 2.36. The molecular formula is C8H11NS. The van der Waals surface area contributed by atoms with Crippen LogP contribution in [-0.4, -0.2) is 16.8 Å². The van der Waals surface area contributed by atoms with E-state index in [9.17, 15) is 0 Å². The molecule has 2 heteroatoms. The van der Waals surface area contributed by atoms with Gasteiger partial charge >= 0.3 is 0 Å². The molecule has 2 unspecified atom stereocenters. The van der Waals surface area contributed by atoms with Gasteiger partial charge in [0.1, 0.15) is 0 Å². The molecule has 1 aliphatic heterocycles. The maximum absolute atomic E-state index is 4.38. The van der Waals surface area contributed by atoms with Gasteiger partial charge in [-0.1, -0.05) is 12.2 Å². The summed E-state index contributed by atoms with van der Waals surface area (Å²) < 4.78 is 0. The second-order valence-corrected chi connectivity index (χ2v) is 4.01. The maximum Gasteiger partial charge on any atom is 0.0835 e. The molecule has 0 aromatic rings. The molecule has 0 radical (unpaired) electrons. The van der Waals surface area contributed by atoms with Crippen LogP contribution >= 0.6 is 11.8 Å². The molecule has 0 N–H and O–H groups in total. The second-order valence-electron chi connectivity index (χ2n) is 2.92. The predicted octanol–water partition coefficient (Wildman–Crippen LogP) is 2.24. The number of nitrogens with zero attached hydrogens (tertiary/aromatic N) is 1. The third kappa shape index (κ3) is 0.908. The first-order chi connectivity index (χ1) is 4.88. The van der Waals surface area contributed by atoms with Crippen LogP contribution in [0.15, 0.2) is 17.1 Å². The van der Waals surface area contributed by atoms with Crippen LogP contribution in [0.4, 0.5) is 0 Å². The Bertz CT molecular complexity index is 186. The van der Waals surface area contributed by atoms with Gasteiger partial charge in [0.2, 0.25) is 0 Å². The van der Waals surface area contributed by atoms with Crippen molar-refractivity contribution in [1.82, 2.24) is 0 Å². The Kier molecular flexibility index (Phi) is 1.57. The summed E-state index contributed by atoms with van der Waals surface area (Å²) in [6.45, 7) is 4.03. The summed E-state index contributed by atoms with van der Waals surface area (Å²) in [5.74, 6) is 0. The molecule has 1 saturated carbocycles. The lowest BCUT2D eigenvalue weighted by Crippen LogP contribution is -2.23. The number of rotatable bonds is 0. The molecule has 54 valence electrons. The summed E-state index contributed by atoms with van der Waals surface area (Å²) in [6.07, 6.45) is 3.84. The highest BCUT2D eigenvalue weighted by Gasteiger charge is 2.30. The first-order valence-electron chi connectivity index (χ1n) is 3.73. The molecule has 2 aliphatic rings. The lowest BCUT2D eigenvalue weighted by Gasteiger charge is -2.24. The number of thioether (sulfide) groups is 1. The summed E-state index contributed by atoms with van der Waals surface area (Å²) in [4.78, 5) is 4.38. The van der Waals surface area contributed by atoms with E-state index in [1.54, 1.807) is 0 Å². The van der Waals surface area contributed by atoms with E-state index >= 15 is 0 Å². The van der Waals surface area contributed by atoms with Gasteiger partial charge in [0.25, 0.3) is 0 Å². The number of aliphatic imine (C=N–C) groups is 1. The van der Waals surface area contributed by atoms with Crippen LogP contribution in [0.1, 0.15) is 19.3 Å². The van der Waals surface area contributed by atoms with Gasteiger partial charge in [-0.25, -0.2) is 0 Å². The Hall–Kier alpha value is -0.240. The summed E-state index contributed by atoms with van der Waals surface area (Å²) >= 11 is 1.88. The van der Waals surface area contributed by atoms with Crippen molar-refractivity contribution >= 4 is 17.3 Å². The van der Waals surface area contributed by atoms with E-state index in [0.717, 1.165) is 5.25 Å². The Morgan fingerprint density at radius 2 is 2.60 bits per heavy atom. The monoisotopic (exact) mass is 153 g/mol. The molecule has 0 saturated heterocycles. The van der Waals surface area contributed by atoms with Gasteiger partial charge < -0.3 is 0 Å². The Morgan fingerprint density at radius 1 is 1.70 bits per heavy atom. The molecule has 2 atom stereocenters. The quantitative estimate of drug-likeness (QED) is 0.486. The molecule has 1 fully saturated rings. The lowest BCUT2D eigenvalue weighted by atomic mass is 9.91. The van der Waals surface area contributed by atoms with Crippen molar-refractivity contribution in [3.05, 3.63) is 12.2 Å². The van der Waals surface area contributed by atoms with Crippen molar-refractivity contribution in [2.45, 2.75) is 30.6 Å². The molecule has 0 aromatic carbocycles. The summed E-state index contributed by atoms with van der Waals surface area (Å²) in [7, 11) is 0. The molecule has 1 nitrogen and oxygen atoms in total. The van der Waals surface area contributed by atoms with Crippen molar-refractivity contribution < 1.29 is 0 Å². The van der Waals surface area contributed by atoms with E-state index < -0.39 is 0 Å². The fourth-order valence-corrected chi connectivity index (χ4v) is 2.69. The third-order valence-corrected chi connectivity index (χ3v) is 3.30. The summed E-state index contributed by atoms with van der Waals surface area (Å²) in [6, 6.07) is 0.471. The van der Waals surface area contributed by atoms with E-state index in [-0.39, 0.29) is 0 Å². The van der Waals surface area contributed by atoms with Crippen molar-refractivity contribution in [2.24, 2.45) is 4.99 Å². The molecule has 0 aromatic heterocycles. The minimum absolute atomic E-state index is 0.471. The molecule has 2 rings (SSSR count). The number of hydrogen-bond donors (Lipinski definition) is 0. The van der Waals surface area contributed by atoms with Crippen LogP contribution in [0.25, 0.3) is 0 Å².